The molecule has 0 bridgehead atoms. The quantitative estimate of drug-likeness (QED) is 0.506. The van der Waals surface area contributed by atoms with E-state index in [1.807, 2.05) is 25.1 Å². The fraction of sp³-hybridized carbons (Fsp3) is 0.381. The summed E-state index contributed by atoms with van der Waals surface area (Å²) >= 11 is 3.18. The molecule has 2 aromatic heterocycles. The summed E-state index contributed by atoms with van der Waals surface area (Å²) in [6.45, 7) is 9.23. The van der Waals surface area contributed by atoms with Crippen LogP contribution in [0, 0.1) is 13.8 Å². The molecule has 1 N–H and O–H groups in total. The molecule has 1 amide bonds. The zero-order valence-corrected chi connectivity index (χ0v) is 18.4. The molecule has 7 heteroatoms. The van der Waals surface area contributed by atoms with E-state index in [0.717, 1.165) is 41.6 Å². The molecule has 1 aromatic carbocycles. The minimum atomic E-state index is -0.0374. The highest BCUT2D eigenvalue weighted by Gasteiger charge is 2.16. The third-order valence-electron chi connectivity index (χ3n) is 4.55. The summed E-state index contributed by atoms with van der Waals surface area (Å²) in [5, 5.41) is 14.6. The lowest BCUT2D eigenvalue weighted by Crippen LogP contribution is -2.15. The van der Waals surface area contributed by atoms with E-state index in [0.29, 0.717) is 5.75 Å². The molecule has 0 spiro atoms. The highest BCUT2D eigenvalue weighted by atomic mass is 32.2. The van der Waals surface area contributed by atoms with Crippen molar-refractivity contribution >= 4 is 34.7 Å². The Kier molecular flexibility index (Phi) is 6.91. The van der Waals surface area contributed by atoms with Gasteiger partial charge in [0, 0.05) is 28.1 Å². The van der Waals surface area contributed by atoms with Crippen LogP contribution in [0.5, 0.6) is 0 Å². The number of rotatable bonds is 8. The number of nitrogens with one attached hydrogen (secondary N) is 1. The van der Waals surface area contributed by atoms with Crippen LogP contribution in [0.3, 0.4) is 0 Å². The second-order valence-electron chi connectivity index (χ2n) is 6.75. The van der Waals surface area contributed by atoms with Gasteiger partial charge < -0.3 is 9.88 Å². The van der Waals surface area contributed by atoms with Gasteiger partial charge in [-0.15, -0.1) is 21.5 Å². The Hall–Kier alpha value is -2.12. The first-order valence-electron chi connectivity index (χ1n) is 9.52. The maximum Gasteiger partial charge on any atom is 0.234 e. The monoisotopic (exact) mass is 414 g/mol. The van der Waals surface area contributed by atoms with E-state index in [1.54, 1.807) is 11.3 Å². The molecule has 0 aliphatic rings. The number of carbonyl (C=O) groups is 1. The molecule has 0 radical (unpaired) electrons. The summed E-state index contributed by atoms with van der Waals surface area (Å²) in [4.78, 5) is 13.7. The van der Waals surface area contributed by atoms with Crippen molar-refractivity contribution in [1.82, 2.24) is 14.8 Å². The van der Waals surface area contributed by atoms with E-state index in [1.165, 1.54) is 27.8 Å². The molecule has 3 rings (SSSR count). The molecule has 0 saturated carbocycles. The third-order valence-corrected chi connectivity index (χ3v) is 6.60. The molecule has 148 valence electrons. The number of carbonyl (C=O) groups excluding carboxylic acids is 1. The molecule has 5 nitrogen and oxygen atoms in total. The second-order valence-corrected chi connectivity index (χ2v) is 8.69. The number of anilines is 1. The smallest absolute Gasteiger partial charge is 0.234 e. The first-order valence-corrected chi connectivity index (χ1v) is 11.4. The van der Waals surface area contributed by atoms with Crippen molar-refractivity contribution < 1.29 is 4.79 Å². The van der Waals surface area contributed by atoms with Crippen molar-refractivity contribution in [1.29, 1.82) is 0 Å². The molecule has 0 fully saturated rings. The SMILES string of the molecule is CCCn1c(SCC(=O)Nc2ccc(C)c(C)c2)nnc1-c1csc(CC)c1. The average Bonchev–Trinajstić information content (AvgIpc) is 3.30. The molecule has 28 heavy (non-hydrogen) atoms. The van der Waals surface area contributed by atoms with Crippen molar-refractivity contribution in [2.45, 2.75) is 52.2 Å². The van der Waals surface area contributed by atoms with E-state index in [2.05, 4.69) is 52.3 Å². The number of aryl methyl sites for hydroxylation is 3. The molecular formula is C21H26N4OS2. The van der Waals surface area contributed by atoms with E-state index in [4.69, 9.17) is 0 Å². The number of hydrogen-bond acceptors (Lipinski definition) is 5. The lowest BCUT2D eigenvalue weighted by atomic mass is 10.1. The van der Waals surface area contributed by atoms with Crippen LogP contribution in [-0.4, -0.2) is 26.4 Å². The Morgan fingerprint density at radius 2 is 2.00 bits per heavy atom. The summed E-state index contributed by atoms with van der Waals surface area (Å²) in [5.74, 6) is 1.15. The number of hydrogen-bond donors (Lipinski definition) is 1. The molecule has 0 aliphatic heterocycles. The van der Waals surface area contributed by atoms with Gasteiger partial charge in [0.1, 0.15) is 0 Å². The first-order chi connectivity index (χ1) is 13.5. The van der Waals surface area contributed by atoms with Gasteiger partial charge in [-0.05, 0) is 56.0 Å². The molecule has 0 saturated heterocycles. The van der Waals surface area contributed by atoms with Crippen LogP contribution in [-0.2, 0) is 17.8 Å². The Bertz CT molecular complexity index is 961. The van der Waals surface area contributed by atoms with Crippen molar-refractivity contribution in [3.8, 4) is 11.4 Å². The topological polar surface area (TPSA) is 59.8 Å². The number of nitrogens with zero attached hydrogens (tertiary/aromatic N) is 3. The zero-order valence-electron chi connectivity index (χ0n) is 16.8. The number of thioether (sulfide) groups is 1. The molecule has 0 aliphatic carbocycles. The minimum Gasteiger partial charge on any atom is -0.325 e. The lowest BCUT2D eigenvalue weighted by Gasteiger charge is -2.09. The van der Waals surface area contributed by atoms with Gasteiger partial charge in [-0.25, -0.2) is 0 Å². The van der Waals surface area contributed by atoms with Gasteiger partial charge in [0.05, 0.1) is 5.75 Å². The van der Waals surface area contributed by atoms with Crippen LogP contribution in [0.4, 0.5) is 5.69 Å². The van der Waals surface area contributed by atoms with E-state index >= 15 is 0 Å². The Balaban J connectivity index is 1.69. The van der Waals surface area contributed by atoms with Crippen molar-refractivity contribution in [3.05, 3.63) is 45.6 Å². The van der Waals surface area contributed by atoms with Crippen LogP contribution in [0.1, 0.15) is 36.3 Å². The summed E-state index contributed by atoms with van der Waals surface area (Å²) < 4.78 is 2.12. The molecule has 2 heterocycles. The predicted molar refractivity (Wildman–Crippen MR) is 118 cm³/mol. The number of thiophene rings is 1. The number of amides is 1. The summed E-state index contributed by atoms with van der Waals surface area (Å²) in [6, 6.07) is 8.14. The largest absolute Gasteiger partial charge is 0.325 e. The summed E-state index contributed by atoms with van der Waals surface area (Å²) in [5.41, 5.74) is 4.32. The van der Waals surface area contributed by atoms with Crippen molar-refractivity contribution in [2.75, 3.05) is 11.1 Å². The third kappa shape index (κ3) is 4.83. The van der Waals surface area contributed by atoms with Gasteiger partial charge in [-0.3, -0.25) is 4.79 Å². The molecular weight excluding hydrogens is 388 g/mol. The Labute approximate surface area is 174 Å². The van der Waals surface area contributed by atoms with Gasteiger partial charge in [0.2, 0.25) is 5.91 Å². The van der Waals surface area contributed by atoms with Gasteiger partial charge in [0.15, 0.2) is 11.0 Å². The van der Waals surface area contributed by atoms with E-state index < -0.39 is 0 Å². The van der Waals surface area contributed by atoms with Crippen molar-refractivity contribution in [2.24, 2.45) is 0 Å². The standard InChI is InChI=1S/C21H26N4OS2/c1-5-9-25-20(16-11-18(6-2)27-12-16)23-24-21(25)28-13-19(26)22-17-8-7-14(3)15(4)10-17/h7-8,10-12H,5-6,9,13H2,1-4H3,(H,22,26). The van der Waals surface area contributed by atoms with Crippen molar-refractivity contribution in [3.63, 3.8) is 0 Å². The van der Waals surface area contributed by atoms with Gasteiger partial charge >= 0.3 is 0 Å². The summed E-state index contributed by atoms with van der Waals surface area (Å²) in [6.07, 6.45) is 2.01. The van der Waals surface area contributed by atoms with Gasteiger partial charge in [-0.1, -0.05) is 31.7 Å². The average molecular weight is 415 g/mol. The minimum absolute atomic E-state index is 0.0374. The Morgan fingerprint density at radius 1 is 1.18 bits per heavy atom. The van der Waals surface area contributed by atoms with Crippen LogP contribution in [0.25, 0.3) is 11.4 Å². The van der Waals surface area contributed by atoms with Crippen LogP contribution in [0.15, 0.2) is 34.8 Å². The highest BCUT2D eigenvalue weighted by molar-refractivity contribution is 7.99. The molecule has 0 atom stereocenters. The first kappa shape index (κ1) is 20.6. The van der Waals surface area contributed by atoms with Crippen LogP contribution in [0.2, 0.25) is 0 Å². The maximum absolute atomic E-state index is 12.4. The van der Waals surface area contributed by atoms with E-state index in [9.17, 15) is 4.79 Å². The molecule has 0 unspecified atom stereocenters. The van der Waals surface area contributed by atoms with Gasteiger partial charge in [-0.2, -0.15) is 0 Å². The van der Waals surface area contributed by atoms with E-state index in [-0.39, 0.29) is 5.91 Å². The number of aromatic nitrogens is 3. The fourth-order valence-electron chi connectivity index (χ4n) is 2.86. The maximum atomic E-state index is 12.4. The van der Waals surface area contributed by atoms with Crippen LogP contribution >= 0.6 is 23.1 Å². The summed E-state index contributed by atoms with van der Waals surface area (Å²) in [7, 11) is 0. The predicted octanol–water partition coefficient (Wildman–Crippen LogP) is 5.33. The fourth-order valence-corrected chi connectivity index (χ4v) is 4.44. The normalized spacial score (nSPS) is 11.0. The molecule has 3 aromatic rings. The second kappa shape index (κ2) is 9.39. The lowest BCUT2D eigenvalue weighted by molar-refractivity contribution is -0.113. The van der Waals surface area contributed by atoms with Crippen LogP contribution < -0.4 is 5.32 Å². The number of benzene rings is 1. The highest BCUT2D eigenvalue weighted by Crippen LogP contribution is 2.28. The van der Waals surface area contributed by atoms with Gasteiger partial charge in [0.25, 0.3) is 0 Å². The Morgan fingerprint density at radius 3 is 2.68 bits per heavy atom. The zero-order chi connectivity index (χ0) is 20.1.